The quantitative estimate of drug-likeness (QED) is 0.501. The Morgan fingerprint density at radius 1 is 1.18 bits per heavy atom. The molecule has 33 heavy (non-hydrogen) atoms. The predicted octanol–water partition coefficient (Wildman–Crippen LogP) is 3.83. The van der Waals surface area contributed by atoms with Crippen LogP contribution in [0.4, 0.5) is 5.82 Å². The van der Waals surface area contributed by atoms with Crippen LogP contribution in [-0.2, 0) is 0 Å². The van der Waals surface area contributed by atoms with Gasteiger partial charge in [-0.05, 0) is 56.4 Å². The van der Waals surface area contributed by atoms with E-state index in [4.69, 9.17) is 4.98 Å². The maximum atomic E-state index is 13.5. The fraction of sp³-hybridized carbons (Fsp3) is 0.320. The standard InChI is InChI=1S/C25H25N7O/c1-15-9-22(31-24(29-15)18-3-2-7-26-12-18)30-20-10-16-4-5-21(20)32(14-16)25(33)19-11-17-6-8-27-23(17)28-13-19/h2-3,6-9,11-13,16,20-21H,4-5,10,14H2,1H3,(H,27,28)(H,29,30,31). The molecule has 2 bridgehead atoms. The van der Waals surface area contributed by atoms with Gasteiger partial charge in [-0.1, -0.05) is 0 Å². The largest absolute Gasteiger partial charge is 0.365 e. The summed E-state index contributed by atoms with van der Waals surface area (Å²) in [7, 11) is 0. The smallest absolute Gasteiger partial charge is 0.255 e. The molecule has 3 aliphatic rings. The molecular formula is C25H25N7O. The summed E-state index contributed by atoms with van der Waals surface area (Å²) >= 11 is 0. The summed E-state index contributed by atoms with van der Waals surface area (Å²) < 4.78 is 0. The number of hydrogen-bond donors (Lipinski definition) is 2. The number of amides is 1. The first-order valence-corrected chi connectivity index (χ1v) is 11.4. The van der Waals surface area contributed by atoms with Gasteiger partial charge in [-0.25, -0.2) is 15.0 Å². The van der Waals surface area contributed by atoms with Gasteiger partial charge in [0.05, 0.1) is 11.6 Å². The lowest BCUT2D eigenvalue weighted by atomic mass is 9.76. The molecule has 1 amide bonds. The van der Waals surface area contributed by atoms with Crippen LogP contribution in [0.2, 0.25) is 0 Å². The van der Waals surface area contributed by atoms with E-state index >= 15 is 0 Å². The van der Waals surface area contributed by atoms with Gasteiger partial charge in [-0.3, -0.25) is 9.78 Å². The zero-order valence-corrected chi connectivity index (χ0v) is 18.4. The number of aryl methyl sites for hydroxylation is 1. The SMILES string of the molecule is Cc1cc(NC2CC3CCC2N(C(=O)c2cnc4[nH]ccc4c2)C3)nc(-c2cccnc2)n1. The number of rotatable bonds is 4. The number of piperidine rings is 2. The van der Waals surface area contributed by atoms with Crippen molar-refractivity contribution in [3.8, 4) is 11.4 Å². The number of nitrogens with zero attached hydrogens (tertiary/aromatic N) is 5. The average Bonchev–Trinajstić information content (AvgIpc) is 3.32. The van der Waals surface area contributed by atoms with Gasteiger partial charge in [0, 0.05) is 60.1 Å². The highest BCUT2D eigenvalue weighted by molar-refractivity contribution is 5.97. The lowest BCUT2D eigenvalue weighted by molar-refractivity contribution is 0.0281. The molecule has 2 N–H and O–H groups in total. The van der Waals surface area contributed by atoms with Crippen molar-refractivity contribution >= 4 is 22.8 Å². The third kappa shape index (κ3) is 3.71. The number of hydrogen-bond acceptors (Lipinski definition) is 6. The molecule has 166 valence electrons. The fourth-order valence-corrected chi connectivity index (χ4v) is 5.26. The van der Waals surface area contributed by atoms with Gasteiger partial charge in [0.2, 0.25) is 0 Å². The van der Waals surface area contributed by atoms with E-state index in [-0.39, 0.29) is 18.0 Å². The summed E-state index contributed by atoms with van der Waals surface area (Å²) in [4.78, 5) is 36.5. The predicted molar refractivity (Wildman–Crippen MR) is 126 cm³/mol. The van der Waals surface area contributed by atoms with E-state index in [1.165, 1.54) is 0 Å². The minimum atomic E-state index is 0.0571. The monoisotopic (exact) mass is 439 g/mol. The molecule has 1 saturated carbocycles. The third-order valence-corrected chi connectivity index (χ3v) is 6.79. The maximum absolute atomic E-state index is 13.5. The van der Waals surface area contributed by atoms with Crippen molar-refractivity contribution in [1.82, 2.24) is 29.8 Å². The second-order valence-corrected chi connectivity index (χ2v) is 9.05. The summed E-state index contributed by atoms with van der Waals surface area (Å²) in [6.07, 6.45) is 10.2. The molecule has 2 aliphatic heterocycles. The Balaban J connectivity index is 1.26. The highest BCUT2D eigenvalue weighted by Gasteiger charge is 2.43. The van der Waals surface area contributed by atoms with E-state index in [0.29, 0.717) is 17.3 Å². The van der Waals surface area contributed by atoms with Gasteiger partial charge in [-0.2, -0.15) is 0 Å². The normalized spacial score (nSPS) is 22.0. The summed E-state index contributed by atoms with van der Waals surface area (Å²) in [5, 5.41) is 4.59. The second-order valence-electron chi connectivity index (χ2n) is 9.05. The number of H-pyrrole nitrogens is 1. The van der Waals surface area contributed by atoms with Crippen LogP contribution in [0.3, 0.4) is 0 Å². The van der Waals surface area contributed by atoms with Gasteiger partial charge >= 0.3 is 0 Å². The van der Waals surface area contributed by atoms with E-state index in [1.807, 2.05) is 48.4 Å². The van der Waals surface area contributed by atoms with Crippen molar-refractivity contribution < 1.29 is 4.79 Å². The molecule has 0 radical (unpaired) electrons. The number of nitrogens with one attached hydrogen (secondary N) is 2. The van der Waals surface area contributed by atoms with Crippen LogP contribution < -0.4 is 5.32 Å². The molecule has 3 unspecified atom stereocenters. The van der Waals surface area contributed by atoms with Crippen LogP contribution in [0.1, 0.15) is 35.3 Å². The number of fused-ring (bicyclic) bond motifs is 4. The number of carbonyl (C=O) groups excluding carboxylic acids is 1. The van der Waals surface area contributed by atoms with Crippen LogP contribution in [0, 0.1) is 12.8 Å². The van der Waals surface area contributed by atoms with Gasteiger partial charge in [0.15, 0.2) is 5.82 Å². The van der Waals surface area contributed by atoms with Gasteiger partial charge in [0.1, 0.15) is 11.5 Å². The molecule has 8 nitrogen and oxygen atoms in total. The Bertz CT molecular complexity index is 1320. The average molecular weight is 440 g/mol. The molecule has 3 atom stereocenters. The van der Waals surface area contributed by atoms with E-state index in [2.05, 4.69) is 25.3 Å². The molecule has 1 aliphatic carbocycles. The van der Waals surface area contributed by atoms with Crippen LogP contribution >= 0.6 is 0 Å². The van der Waals surface area contributed by atoms with Gasteiger partial charge in [-0.15, -0.1) is 0 Å². The van der Waals surface area contributed by atoms with Crippen LogP contribution in [-0.4, -0.2) is 54.4 Å². The zero-order valence-electron chi connectivity index (χ0n) is 18.4. The van der Waals surface area contributed by atoms with Gasteiger partial charge < -0.3 is 15.2 Å². The molecule has 8 heteroatoms. The van der Waals surface area contributed by atoms with Crippen LogP contribution in [0.5, 0.6) is 0 Å². The van der Waals surface area contributed by atoms with Crippen LogP contribution in [0.25, 0.3) is 22.4 Å². The van der Waals surface area contributed by atoms with E-state index in [9.17, 15) is 4.79 Å². The molecule has 2 saturated heterocycles. The van der Waals surface area contributed by atoms with Gasteiger partial charge in [0.25, 0.3) is 5.91 Å². The second kappa shape index (κ2) is 7.95. The maximum Gasteiger partial charge on any atom is 0.255 e. The van der Waals surface area contributed by atoms with Crippen molar-refractivity contribution in [1.29, 1.82) is 0 Å². The Morgan fingerprint density at radius 3 is 2.97 bits per heavy atom. The fourth-order valence-electron chi connectivity index (χ4n) is 5.26. The Kier molecular flexibility index (Phi) is 4.78. The lowest BCUT2D eigenvalue weighted by Crippen LogP contribution is -2.59. The van der Waals surface area contributed by atoms with Crippen molar-refractivity contribution in [2.24, 2.45) is 5.92 Å². The molecule has 7 rings (SSSR count). The Morgan fingerprint density at radius 2 is 2.12 bits per heavy atom. The first-order valence-electron chi connectivity index (χ1n) is 11.4. The zero-order chi connectivity index (χ0) is 22.4. The molecule has 0 aromatic carbocycles. The van der Waals surface area contributed by atoms with Crippen molar-refractivity contribution in [2.75, 3.05) is 11.9 Å². The molecular weight excluding hydrogens is 414 g/mol. The minimum absolute atomic E-state index is 0.0571. The number of carbonyl (C=O) groups is 1. The molecule has 4 aromatic heterocycles. The highest BCUT2D eigenvalue weighted by Crippen LogP contribution is 2.37. The first kappa shape index (κ1) is 19.8. The molecule has 0 spiro atoms. The molecule has 3 fully saturated rings. The van der Waals surface area contributed by atoms with E-state index in [1.54, 1.807) is 18.6 Å². The topological polar surface area (TPSA) is 99.7 Å². The van der Waals surface area contributed by atoms with Crippen molar-refractivity contribution in [3.05, 3.63) is 66.4 Å². The summed E-state index contributed by atoms with van der Waals surface area (Å²) in [5.74, 6) is 2.00. The number of aromatic amines is 1. The first-order chi connectivity index (χ1) is 16.1. The Hall–Kier alpha value is -3.81. The van der Waals surface area contributed by atoms with E-state index in [0.717, 1.165) is 53.9 Å². The third-order valence-electron chi connectivity index (χ3n) is 6.79. The van der Waals surface area contributed by atoms with Crippen molar-refractivity contribution in [3.63, 3.8) is 0 Å². The highest BCUT2D eigenvalue weighted by atomic mass is 16.2. The van der Waals surface area contributed by atoms with Crippen LogP contribution in [0.15, 0.2) is 55.1 Å². The number of pyridine rings is 2. The molecule has 6 heterocycles. The summed E-state index contributed by atoms with van der Waals surface area (Å²) in [6.45, 7) is 2.77. The number of anilines is 1. The molecule has 4 aromatic rings. The van der Waals surface area contributed by atoms with E-state index < -0.39 is 0 Å². The Labute approximate surface area is 191 Å². The van der Waals surface area contributed by atoms with Crippen molar-refractivity contribution in [2.45, 2.75) is 38.3 Å². The minimum Gasteiger partial charge on any atom is -0.365 e. The summed E-state index contributed by atoms with van der Waals surface area (Å²) in [6, 6.07) is 9.98. The lowest BCUT2D eigenvalue weighted by Gasteiger charge is -2.50. The number of aromatic nitrogens is 5. The summed E-state index contributed by atoms with van der Waals surface area (Å²) in [5.41, 5.74) is 3.23.